The average molecular weight is 112 g/mol. The smallest absolute Gasteiger partial charge is 0.105 e. The largest absolute Gasteiger partial charge is 0.349 e. The Kier molecular flexibility index (Phi) is 1.67. The van der Waals surface area contributed by atoms with Gasteiger partial charge in [-0.3, -0.25) is 0 Å². The Hall–Kier alpha value is -0.790. The number of H-pyrrole nitrogens is 1. The van der Waals surface area contributed by atoms with Crippen molar-refractivity contribution in [2.45, 2.75) is 19.8 Å². The number of aromatic amines is 1. The summed E-state index contributed by atoms with van der Waals surface area (Å²) >= 11 is 0. The van der Waals surface area contributed by atoms with Crippen molar-refractivity contribution in [3.8, 4) is 0 Å². The Bertz CT molecular complexity index is 137. The minimum absolute atomic E-state index is 0. The normalized spacial score (nSPS) is 9.62. The molecule has 0 aliphatic carbocycles. The summed E-state index contributed by atoms with van der Waals surface area (Å²) in [5.74, 6) is 1.09. The van der Waals surface area contributed by atoms with Crippen LogP contribution in [-0.2, 0) is 6.42 Å². The van der Waals surface area contributed by atoms with Gasteiger partial charge in [-0.1, -0.05) is 6.92 Å². The molecule has 0 atom stereocenters. The number of hydrogen-bond acceptors (Lipinski definition) is 1. The predicted octanol–water partition coefficient (Wildman–Crippen LogP) is 1.61. The fourth-order valence-electron chi connectivity index (χ4n) is 0.671. The lowest BCUT2D eigenvalue weighted by Gasteiger charge is -1.85. The summed E-state index contributed by atoms with van der Waals surface area (Å²) in [7, 11) is 0. The summed E-state index contributed by atoms with van der Waals surface area (Å²) < 4.78 is 0. The first-order valence-corrected chi connectivity index (χ1v) is 2.91. The van der Waals surface area contributed by atoms with E-state index in [9.17, 15) is 0 Å². The summed E-state index contributed by atoms with van der Waals surface area (Å²) in [4.78, 5) is 7.08. The number of nitrogens with zero attached hydrogens (tertiary/aromatic N) is 1. The first kappa shape index (κ1) is 5.35. The van der Waals surface area contributed by atoms with E-state index in [-0.39, 0.29) is 1.43 Å². The molecular formula is C6H12N2. The van der Waals surface area contributed by atoms with Crippen LogP contribution >= 0.6 is 0 Å². The van der Waals surface area contributed by atoms with E-state index in [2.05, 4.69) is 16.9 Å². The zero-order chi connectivity index (χ0) is 5.82. The van der Waals surface area contributed by atoms with E-state index in [0.29, 0.717) is 0 Å². The molecule has 0 unspecified atom stereocenters. The summed E-state index contributed by atoms with van der Waals surface area (Å²) in [5, 5.41) is 0. The maximum atomic E-state index is 4.05. The number of rotatable bonds is 2. The lowest BCUT2D eigenvalue weighted by Crippen LogP contribution is -1.83. The highest BCUT2D eigenvalue weighted by atomic mass is 14.9. The number of nitrogens with one attached hydrogen (secondary N) is 1. The van der Waals surface area contributed by atoms with Crippen molar-refractivity contribution in [2.75, 3.05) is 0 Å². The second kappa shape index (κ2) is 2.50. The molecule has 0 spiro atoms. The van der Waals surface area contributed by atoms with E-state index >= 15 is 0 Å². The monoisotopic (exact) mass is 112 g/mol. The van der Waals surface area contributed by atoms with E-state index < -0.39 is 0 Å². The zero-order valence-corrected chi connectivity index (χ0v) is 5.02. The van der Waals surface area contributed by atoms with Gasteiger partial charge in [-0.2, -0.15) is 0 Å². The summed E-state index contributed by atoms with van der Waals surface area (Å²) in [5.41, 5.74) is 0. The van der Waals surface area contributed by atoms with E-state index in [1.54, 1.807) is 6.20 Å². The molecule has 0 bridgehead atoms. The summed E-state index contributed by atoms with van der Waals surface area (Å²) in [6, 6.07) is 0. The van der Waals surface area contributed by atoms with Crippen LogP contribution in [0, 0.1) is 0 Å². The average Bonchev–Trinajstić information content (AvgIpc) is 2.19. The van der Waals surface area contributed by atoms with Gasteiger partial charge in [0.15, 0.2) is 0 Å². The van der Waals surface area contributed by atoms with E-state index in [1.807, 2.05) is 6.20 Å². The number of hydrogen-bond donors (Lipinski definition) is 1. The third-order valence-corrected chi connectivity index (χ3v) is 1.04. The van der Waals surface area contributed by atoms with Crippen molar-refractivity contribution in [1.82, 2.24) is 9.97 Å². The van der Waals surface area contributed by atoms with E-state index in [1.165, 1.54) is 0 Å². The third-order valence-electron chi connectivity index (χ3n) is 1.04. The van der Waals surface area contributed by atoms with Gasteiger partial charge in [0.1, 0.15) is 5.82 Å². The first-order chi connectivity index (χ1) is 3.93. The summed E-state index contributed by atoms with van der Waals surface area (Å²) in [6.45, 7) is 2.14. The predicted molar refractivity (Wildman–Crippen MR) is 34.7 cm³/mol. The molecule has 1 N–H and O–H groups in total. The van der Waals surface area contributed by atoms with Gasteiger partial charge in [-0.05, 0) is 6.42 Å². The lowest BCUT2D eigenvalue weighted by molar-refractivity contribution is 0.856. The van der Waals surface area contributed by atoms with Gasteiger partial charge in [-0.15, -0.1) is 0 Å². The van der Waals surface area contributed by atoms with Crippen molar-refractivity contribution in [1.29, 1.82) is 0 Å². The highest BCUT2D eigenvalue weighted by Gasteiger charge is 1.87. The third kappa shape index (κ3) is 1.09. The van der Waals surface area contributed by atoms with E-state index in [4.69, 9.17) is 0 Å². The van der Waals surface area contributed by atoms with Crippen LogP contribution in [0.2, 0.25) is 0 Å². The second-order valence-corrected chi connectivity index (χ2v) is 1.79. The molecule has 8 heavy (non-hydrogen) atoms. The van der Waals surface area contributed by atoms with E-state index in [0.717, 1.165) is 18.7 Å². The number of imidazole rings is 1. The van der Waals surface area contributed by atoms with Crippen molar-refractivity contribution in [3.05, 3.63) is 18.2 Å². The van der Waals surface area contributed by atoms with Crippen LogP contribution in [0.3, 0.4) is 0 Å². The molecule has 0 fully saturated rings. The standard InChI is InChI=1S/C6H10N2.H2/c1-2-3-6-7-4-5-8-6;/h4-5H,2-3H2,1H3,(H,7,8);1H. The molecule has 0 amide bonds. The molecule has 0 radical (unpaired) electrons. The van der Waals surface area contributed by atoms with Crippen LogP contribution in [0.15, 0.2) is 12.4 Å². The molecule has 1 rings (SSSR count). The molecule has 2 nitrogen and oxygen atoms in total. The van der Waals surface area contributed by atoms with Crippen molar-refractivity contribution >= 4 is 0 Å². The quantitative estimate of drug-likeness (QED) is 0.618. The maximum Gasteiger partial charge on any atom is 0.105 e. The van der Waals surface area contributed by atoms with Crippen LogP contribution < -0.4 is 0 Å². The topological polar surface area (TPSA) is 28.7 Å². The van der Waals surface area contributed by atoms with Gasteiger partial charge in [0.25, 0.3) is 0 Å². The van der Waals surface area contributed by atoms with Crippen molar-refractivity contribution < 1.29 is 1.43 Å². The van der Waals surface area contributed by atoms with Crippen LogP contribution in [0.5, 0.6) is 0 Å². The van der Waals surface area contributed by atoms with Gasteiger partial charge >= 0.3 is 0 Å². The molecule has 0 saturated carbocycles. The van der Waals surface area contributed by atoms with Crippen molar-refractivity contribution in [3.63, 3.8) is 0 Å². The van der Waals surface area contributed by atoms with Crippen LogP contribution in [0.25, 0.3) is 0 Å². The van der Waals surface area contributed by atoms with Gasteiger partial charge in [0, 0.05) is 20.2 Å². The molecule has 0 aliphatic rings. The Morgan fingerprint density at radius 2 is 2.75 bits per heavy atom. The zero-order valence-electron chi connectivity index (χ0n) is 5.02. The van der Waals surface area contributed by atoms with Crippen LogP contribution in [0.1, 0.15) is 20.6 Å². The molecule has 0 aliphatic heterocycles. The minimum atomic E-state index is 0. The number of aromatic nitrogens is 2. The SMILES string of the molecule is CCCc1ncc[nH]1.[HH]. The molecule has 0 aromatic carbocycles. The van der Waals surface area contributed by atoms with Crippen LogP contribution in [0.4, 0.5) is 0 Å². The summed E-state index contributed by atoms with van der Waals surface area (Å²) in [6.07, 6.45) is 5.86. The fraction of sp³-hybridized carbons (Fsp3) is 0.500. The van der Waals surface area contributed by atoms with Gasteiger partial charge < -0.3 is 4.98 Å². The van der Waals surface area contributed by atoms with Gasteiger partial charge in [0.05, 0.1) is 0 Å². The number of aryl methyl sites for hydroxylation is 1. The molecule has 2 heteroatoms. The maximum absolute atomic E-state index is 4.05. The molecule has 46 valence electrons. The Labute approximate surface area is 50.4 Å². The first-order valence-electron chi connectivity index (χ1n) is 2.91. The highest BCUT2D eigenvalue weighted by molar-refractivity contribution is 4.85. The Balaban J connectivity index is 0.000000640. The second-order valence-electron chi connectivity index (χ2n) is 1.79. The van der Waals surface area contributed by atoms with Gasteiger partial charge in [0.2, 0.25) is 0 Å². The molecule has 1 aromatic heterocycles. The molecule has 1 aromatic rings. The Morgan fingerprint density at radius 3 is 3.25 bits per heavy atom. The Morgan fingerprint density at radius 1 is 1.88 bits per heavy atom. The minimum Gasteiger partial charge on any atom is -0.349 e. The highest BCUT2D eigenvalue weighted by Crippen LogP contribution is 1.91. The fourth-order valence-corrected chi connectivity index (χ4v) is 0.671. The van der Waals surface area contributed by atoms with Crippen LogP contribution in [-0.4, -0.2) is 9.97 Å². The lowest BCUT2D eigenvalue weighted by atomic mass is 10.3. The van der Waals surface area contributed by atoms with Crippen molar-refractivity contribution in [2.24, 2.45) is 0 Å². The van der Waals surface area contributed by atoms with Gasteiger partial charge in [-0.25, -0.2) is 4.98 Å². The molecule has 1 heterocycles. The molecular weight excluding hydrogens is 100 g/mol. The molecule has 0 saturated heterocycles.